The number of fused-ring (bicyclic) bond motifs is 1. The molecule has 1 N–H and O–H groups in total. The van der Waals surface area contributed by atoms with Crippen molar-refractivity contribution in [3.05, 3.63) is 34.7 Å². The summed E-state index contributed by atoms with van der Waals surface area (Å²) in [7, 11) is 2.04. The molecule has 0 radical (unpaired) electrons. The molecule has 0 spiro atoms. The number of para-hydroxylation sites is 2. The first-order chi connectivity index (χ1) is 11.6. The summed E-state index contributed by atoms with van der Waals surface area (Å²) in [6.45, 7) is 2.48. The second kappa shape index (κ2) is 6.09. The molecular formula is C18H24N4O2. The van der Waals surface area contributed by atoms with E-state index in [1.807, 2.05) is 40.8 Å². The summed E-state index contributed by atoms with van der Waals surface area (Å²) < 4.78 is 1.87. The zero-order chi connectivity index (χ0) is 16.7. The first-order valence-corrected chi connectivity index (χ1v) is 8.83. The van der Waals surface area contributed by atoms with Gasteiger partial charge < -0.3 is 9.88 Å². The minimum atomic E-state index is -0.0449. The molecule has 0 aliphatic carbocycles. The number of hydrogen-bond donors (Lipinski definition) is 1. The number of imidazole rings is 1. The summed E-state index contributed by atoms with van der Waals surface area (Å²) >= 11 is 0. The Balaban J connectivity index is 1.49. The number of carbonyl (C=O) groups excluding carboxylic acids is 1. The van der Waals surface area contributed by atoms with Crippen LogP contribution in [-0.2, 0) is 4.79 Å². The van der Waals surface area contributed by atoms with E-state index in [4.69, 9.17) is 0 Å². The Labute approximate surface area is 141 Å². The number of aromatic amines is 1. The summed E-state index contributed by atoms with van der Waals surface area (Å²) in [5.41, 5.74) is 1.80. The Bertz CT molecular complexity index is 801. The van der Waals surface area contributed by atoms with E-state index in [1.165, 1.54) is 0 Å². The Morgan fingerprint density at radius 1 is 1.12 bits per heavy atom. The van der Waals surface area contributed by atoms with E-state index in [1.54, 1.807) is 0 Å². The number of rotatable bonds is 2. The van der Waals surface area contributed by atoms with E-state index in [0.717, 1.165) is 56.4 Å². The highest BCUT2D eigenvalue weighted by molar-refractivity contribution is 5.82. The fraction of sp³-hybridized carbons (Fsp3) is 0.556. The minimum Gasteiger partial charge on any atom is -0.341 e. The Morgan fingerprint density at radius 2 is 1.88 bits per heavy atom. The predicted molar refractivity (Wildman–Crippen MR) is 93.1 cm³/mol. The molecule has 1 aromatic carbocycles. The molecule has 0 bridgehead atoms. The molecule has 24 heavy (non-hydrogen) atoms. The standard InChI is InChI=1S/C18H24N4O2/c1-20-10-4-7-16(20)17(23)21-11-8-13(9-12-21)22-15-6-3-2-5-14(15)19-18(22)24/h2-3,5-6,13,16H,4,7-12H2,1H3,(H,19,24). The van der Waals surface area contributed by atoms with E-state index >= 15 is 0 Å². The number of benzene rings is 1. The number of hydrogen-bond acceptors (Lipinski definition) is 3. The summed E-state index contributed by atoms with van der Waals surface area (Å²) in [6.07, 6.45) is 3.75. The van der Waals surface area contributed by atoms with Crippen LogP contribution in [0.5, 0.6) is 0 Å². The van der Waals surface area contributed by atoms with Crippen molar-refractivity contribution >= 4 is 16.9 Å². The van der Waals surface area contributed by atoms with Crippen molar-refractivity contribution in [1.82, 2.24) is 19.4 Å². The van der Waals surface area contributed by atoms with Crippen LogP contribution in [0, 0.1) is 0 Å². The highest BCUT2D eigenvalue weighted by Crippen LogP contribution is 2.26. The fourth-order valence-corrected chi connectivity index (χ4v) is 4.21. The molecule has 0 saturated carbocycles. The number of nitrogens with zero attached hydrogens (tertiary/aromatic N) is 3. The summed E-state index contributed by atoms with van der Waals surface area (Å²) in [5.74, 6) is 0.264. The van der Waals surface area contributed by atoms with Gasteiger partial charge in [0.05, 0.1) is 17.1 Å². The number of aromatic nitrogens is 2. The minimum absolute atomic E-state index is 0.0449. The van der Waals surface area contributed by atoms with E-state index < -0.39 is 0 Å². The van der Waals surface area contributed by atoms with Crippen LogP contribution in [0.4, 0.5) is 0 Å². The van der Waals surface area contributed by atoms with Crippen LogP contribution in [0.2, 0.25) is 0 Å². The molecule has 128 valence electrons. The smallest absolute Gasteiger partial charge is 0.326 e. The fourth-order valence-electron chi connectivity index (χ4n) is 4.21. The first-order valence-electron chi connectivity index (χ1n) is 8.83. The molecule has 3 heterocycles. The van der Waals surface area contributed by atoms with Crippen molar-refractivity contribution in [3.63, 3.8) is 0 Å². The van der Waals surface area contributed by atoms with E-state index in [2.05, 4.69) is 9.88 Å². The zero-order valence-electron chi connectivity index (χ0n) is 14.1. The van der Waals surface area contributed by atoms with E-state index in [9.17, 15) is 9.59 Å². The molecular weight excluding hydrogens is 304 g/mol. The zero-order valence-corrected chi connectivity index (χ0v) is 14.1. The third kappa shape index (κ3) is 2.55. The van der Waals surface area contributed by atoms with Crippen LogP contribution < -0.4 is 5.69 Å². The van der Waals surface area contributed by atoms with Gasteiger partial charge in [-0.15, -0.1) is 0 Å². The number of carbonyl (C=O) groups is 1. The van der Waals surface area contributed by atoms with Crippen LogP contribution in [0.1, 0.15) is 31.7 Å². The third-order valence-corrected chi connectivity index (χ3v) is 5.57. The molecule has 1 atom stereocenters. The number of piperidine rings is 1. The van der Waals surface area contributed by atoms with Gasteiger partial charge in [0.25, 0.3) is 0 Å². The molecule has 2 aliphatic rings. The van der Waals surface area contributed by atoms with Crippen LogP contribution in [0.3, 0.4) is 0 Å². The number of likely N-dealkylation sites (tertiary alicyclic amines) is 2. The van der Waals surface area contributed by atoms with Crippen LogP contribution in [0.15, 0.2) is 29.1 Å². The third-order valence-electron chi connectivity index (χ3n) is 5.57. The Hall–Kier alpha value is -2.08. The summed E-state index contributed by atoms with van der Waals surface area (Å²) in [6, 6.07) is 8.03. The maximum Gasteiger partial charge on any atom is 0.326 e. The summed E-state index contributed by atoms with van der Waals surface area (Å²) in [4.78, 5) is 32.1. The Kier molecular flexibility index (Phi) is 3.92. The molecule has 2 saturated heterocycles. The number of nitrogens with one attached hydrogen (secondary N) is 1. The molecule has 4 rings (SSSR count). The normalized spacial score (nSPS) is 23.2. The van der Waals surface area contributed by atoms with Crippen LogP contribution in [-0.4, -0.2) is 58.0 Å². The van der Waals surface area contributed by atoms with Gasteiger partial charge in [0.1, 0.15) is 0 Å². The molecule has 2 fully saturated rings. The van der Waals surface area contributed by atoms with Crippen molar-refractivity contribution in [3.8, 4) is 0 Å². The predicted octanol–water partition coefficient (Wildman–Crippen LogP) is 1.59. The molecule has 6 heteroatoms. The van der Waals surface area contributed by atoms with Gasteiger partial charge in [0.15, 0.2) is 0 Å². The first kappa shape index (κ1) is 15.4. The molecule has 1 aromatic heterocycles. The maximum atomic E-state index is 12.7. The molecule has 1 unspecified atom stereocenters. The van der Waals surface area contributed by atoms with Gasteiger partial charge in [0, 0.05) is 19.1 Å². The number of H-pyrrole nitrogens is 1. The SMILES string of the molecule is CN1CCCC1C(=O)N1CCC(n2c(=O)[nH]c3ccccc32)CC1. The van der Waals surface area contributed by atoms with Gasteiger partial charge in [-0.3, -0.25) is 14.3 Å². The van der Waals surface area contributed by atoms with Gasteiger partial charge in [-0.25, -0.2) is 4.79 Å². The highest BCUT2D eigenvalue weighted by Gasteiger charge is 2.33. The lowest BCUT2D eigenvalue weighted by molar-refractivity contribution is -0.136. The topological polar surface area (TPSA) is 61.3 Å². The van der Waals surface area contributed by atoms with Gasteiger partial charge in [-0.2, -0.15) is 0 Å². The molecule has 2 aromatic rings. The van der Waals surface area contributed by atoms with Crippen molar-refractivity contribution < 1.29 is 4.79 Å². The van der Waals surface area contributed by atoms with Crippen LogP contribution >= 0.6 is 0 Å². The average molecular weight is 328 g/mol. The largest absolute Gasteiger partial charge is 0.341 e. The van der Waals surface area contributed by atoms with E-state index in [-0.39, 0.29) is 23.7 Å². The average Bonchev–Trinajstić information content (AvgIpc) is 3.16. The lowest BCUT2D eigenvalue weighted by atomic mass is 10.0. The van der Waals surface area contributed by atoms with Crippen molar-refractivity contribution in [2.45, 2.75) is 37.8 Å². The van der Waals surface area contributed by atoms with E-state index in [0.29, 0.717) is 0 Å². The molecule has 6 nitrogen and oxygen atoms in total. The monoisotopic (exact) mass is 328 g/mol. The van der Waals surface area contributed by atoms with Crippen LogP contribution in [0.25, 0.3) is 11.0 Å². The lowest BCUT2D eigenvalue weighted by Gasteiger charge is -2.35. The van der Waals surface area contributed by atoms with Crippen molar-refractivity contribution in [1.29, 1.82) is 0 Å². The van der Waals surface area contributed by atoms with Gasteiger partial charge in [-0.1, -0.05) is 12.1 Å². The summed E-state index contributed by atoms with van der Waals surface area (Å²) in [5, 5.41) is 0. The highest BCUT2D eigenvalue weighted by atomic mass is 16.2. The lowest BCUT2D eigenvalue weighted by Crippen LogP contribution is -2.48. The number of likely N-dealkylation sites (N-methyl/N-ethyl adjacent to an activating group) is 1. The second-order valence-corrected chi connectivity index (χ2v) is 7.01. The van der Waals surface area contributed by atoms with Gasteiger partial charge in [-0.05, 0) is 51.4 Å². The molecule has 1 amide bonds. The molecule has 2 aliphatic heterocycles. The Morgan fingerprint density at radius 3 is 2.58 bits per heavy atom. The van der Waals surface area contributed by atoms with Crippen molar-refractivity contribution in [2.24, 2.45) is 0 Å². The van der Waals surface area contributed by atoms with Gasteiger partial charge >= 0.3 is 5.69 Å². The second-order valence-electron chi connectivity index (χ2n) is 7.01. The maximum absolute atomic E-state index is 12.7. The van der Waals surface area contributed by atoms with Gasteiger partial charge in [0.2, 0.25) is 5.91 Å². The quantitative estimate of drug-likeness (QED) is 0.911. The van der Waals surface area contributed by atoms with Crippen molar-refractivity contribution in [2.75, 3.05) is 26.7 Å². The number of amides is 1.